The number of hydrazine groups is 1. The standard InChI is InChI=1S/C18H17N3O3/c22-16-7-4-12-21(16)15-10-8-14(9-11-15)18(24)20-19-17(23)13-5-2-1-3-6-13/h1-3,5-6,8-11H,4,7,12H2,(H,19,23)(H,20,24). The molecule has 1 fully saturated rings. The third-order valence-electron chi connectivity index (χ3n) is 3.84. The zero-order valence-electron chi connectivity index (χ0n) is 13.0. The van der Waals surface area contributed by atoms with Crippen LogP contribution in [-0.4, -0.2) is 24.3 Å². The first-order chi connectivity index (χ1) is 11.6. The normalized spacial score (nSPS) is 13.7. The topological polar surface area (TPSA) is 78.5 Å². The maximum Gasteiger partial charge on any atom is 0.269 e. The maximum atomic E-state index is 12.1. The monoisotopic (exact) mass is 323 g/mol. The first-order valence-electron chi connectivity index (χ1n) is 7.71. The van der Waals surface area contributed by atoms with Gasteiger partial charge in [-0.05, 0) is 42.8 Å². The zero-order valence-corrected chi connectivity index (χ0v) is 13.0. The highest BCUT2D eigenvalue weighted by molar-refractivity contribution is 6.00. The van der Waals surface area contributed by atoms with E-state index in [1.165, 1.54) is 0 Å². The summed E-state index contributed by atoms with van der Waals surface area (Å²) in [5, 5.41) is 0. The van der Waals surface area contributed by atoms with E-state index in [9.17, 15) is 14.4 Å². The van der Waals surface area contributed by atoms with E-state index in [2.05, 4.69) is 10.9 Å². The second-order valence-electron chi connectivity index (χ2n) is 5.47. The van der Waals surface area contributed by atoms with Crippen LogP contribution in [0.2, 0.25) is 0 Å². The summed E-state index contributed by atoms with van der Waals surface area (Å²) in [6.07, 6.45) is 1.42. The van der Waals surface area contributed by atoms with Crippen molar-refractivity contribution in [3.8, 4) is 0 Å². The fraction of sp³-hybridized carbons (Fsp3) is 0.167. The van der Waals surface area contributed by atoms with E-state index in [-0.39, 0.29) is 11.8 Å². The molecule has 0 atom stereocenters. The number of hydrogen-bond acceptors (Lipinski definition) is 3. The van der Waals surface area contributed by atoms with E-state index in [1.807, 2.05) is 6.07 Å². The number of hydrogen-bond donors (Lipinski definition) is 2. The van der Waals surface area contributed by atoms with Gasteiger partial charge in [-0.1, -0.05) is 18.2 Å². The molecule has 2 aromatic carbocycles. The number of carbonyl (C=O) groups is 3. The lowest BCUT2D eigenvalue weighted by atomic mass is 10.2. The van der Waals surface area contributed by atoms with Gasteiger partial charge in [-0.2, -0.15) is 0 Å². The molecular formula is C18H17N3O3. The summed E-state index contributed by atoms with van der Waals surface area (Å²) in [5.41, 5.74) is 6.39. The number of carbonyl (C=O) groups excluding carboxylic acids is 3. The van der Waals surface area contributed by atoms with Crippen LogP contribution in [0.4, 0.5) is 5.69 Å². The van der Waals surface area contributed by atoms with Crippen molar-refractivity contribution in [2.75, 3.05) is 11.4 Å². The Morgan fingerprint density at radius 2 is 1.42 bits per heavy atom. The molecule has 1 saturated heterocycles. The fourth-order valence-corrected chi connectivity index (χ4v) is 2.56. The van der Waals surface area contributed by atoms with Gasteiger partial charge in [0.05, 0.1) is 0 Å². The Morgan fingerprint density at radius 3 is 1.96 bits per heavy atom. The van der Waals surface area contributed by atoms with Gasteiger partial charge in [-0.25, -0.2) is 0 Å². The van der Waals surface area contributed by atoms with Gasteiger partial charge in [0.15, 0.2) is 0 Å². The molecule has 3 amide bonds. The van der Waals surface area contributed by atoms with Gasteiger partial charge < -0.3 is 4.90 Å². The van der Waals surface area contributed by atoms with Crippen LogP contribution in [0.3, 0.4) is 0 Å². The van der Waals surface area contributed by atoms with Crippen LogP contribution < -0.4 is 15.8 Å². The van der Waals surface area contributed by atoms with E-state index in [4.69, 9.17) is 0 Å². The van der Waals surface area contributed by atoms with Crippen LogP contribution in [0.1, 0.15) is 33.6 Å². The smallest absolute Gasteiger partial charge is 0.269 e. The van der Waals surface area contributed by atoms with E-state index >= 15 is 0 Å². The summed E-state index contributed by atoms with van der Waals surface area (Å²) in [4.78, 5) is 37.4. The molecule has 0 aliphatic carbocycles. The van der Waals surface area contributed by atoms with Crippen molar-refractivity contribution in [1.82, 2.24) is 10.9 Å². The Kier molecular flexibility index (Phi) is 4.56. The average Bonchev–Trinajstić information content (AvgIpc) is 3.06. The fourth-order valence-electron chi connectivity index (χ4n) is 2.56. The number of nitrogens with zero attached hydrogens (tertiary/aromatic N) is 1. The zero-order chi connectivity index (χ0) is 16.9. The average molecular weight is 323 g/mol. The Hall–Kier alpha value is -3.15. The van der Waals surface area contributed by atoms with Gasteiger partial charge in [0.1, 0.15) is 0 Å². The van der Waals surface area contributed by atoms with Crippen LogP contribution in [0.25, 0.3) is 0 Å². The molecular weight excluding hydrogens is 306 g/mol. The molecule has 1 aliphatic heterocycles. The van der Waals surface area contributed by atoms with E-state index in [1.54, 1.807) is 53.4 Å². The molecule has 3 rings (SSSR count). The summed E-state index contributed by atoms with van der Waals surface area (Å²) in [5.74, 6) is -0.705. The number of rotatable bonds is 3. The van der Waals surface area contributed by atoms with Gasteiger partial charge in [0.2, 0.25) is 5.91 Å². The minimum absolute atomic E-state index is 0.0994. The molecule has 6 nitrogen and oxygen atoms in total. The van der Waals surface area contributed by atoms with Crippen molar-refractivity contribution in [2.24, 2.45) is 0 Å². The number of amides is 3. The summed E-state index contributed by atoms with van der Waals surface area (Å²) in [6.45, 7) is 0.706. The van der Waals surface area contributed by atoms with Gasteiger partial charge in [-0.15, -0.1) is 0 Å². The molecule has 0 spiro atoms. The lowest BCUT2D eigenvalue weighted by Crippen LogP contribution is -2.41. The molecule has 0 aromatic heterocycles. The van der Waals surface area contributed by atoms with Crippen molar-refractivity contribution in [3.05, 3.63) is 65.7 Å². The van der Waals surface area contributed by atoms with Gasteiger partial charge in [0.25, 0.3) is 11.8 Å². The predicted molar refractivity (Wildman–Crippen MR) is 89.4 cm³/mol. The first kappa shape index (κ1) is 15.7. The van der Waals surface area contributed by atoms with Crippen molar-refractivity contribution >= 4 is 23.4 Å². The van der Waals surface area contributed by atoms with Crippen LogP contribution in [0.15, 0.2) is 54.6 Å². The van der Waals surface area contributed by atoms with Gasteiger partial charge in [-0.3, -0.25) is 25.2 Å². The maximum absolute atomic E-state index is 12.1. The van der Waals surface area contributed by atoms with Crippen molar-refractivity contribution in [1.29, 1.82) is 0 Å². The Bertz CT molecular complexity index is 757. The van der Waals surface area contributed by atoms with Gasteiger partial charge >= 0.3 is 0 Å². The third kappa shape index (κ3) is 3.43. The Labute approximate surface area is 139 Å². The Morgan fingerprint density at radius 1 is 0.833 bits per heavy atom. The highest BCUT2D eigenvalue weighted by Gasteiger charge is 2.21. The minimum Gasteiger partial charge on any atom is -0.312 e. The molecule has 2 N–H and O–H groups in total. The Balaban J connectivity index is 1.59. The molecule has 1 heterocycles. The molecule has 0 bridgehead atoms. The summed E-state index contributed by atoms with van der Waals surface area (Å²) in [6, 6.07) is 15.3. The molecule has 24 heavy (non-hydrogen) atoms. The van der Waals surface area contributed by atoms with Crippen LogP contribution >= 0.6 is 0 Å². The first-order valence-corrected chi connectivity index (χ1v) is 7.71. The second kappa shape index (κ2) is 6.95. The molecule has 1 aliphatic rings. The molecule has 0 radical (unpaired) electrons. The summed E-state index contributed by atoms with van der Waals surface area (Å²) in [7, 11) is 0. The van der Waals surface area contributed by atoms with Crippen molar-refractivity contribution in [3.63, 3.8) is 0 Å². The van der Waals surface area contributed by atoms with Crippen LogP contribution in [0, 0.1) is 0 Å². The molecule has 0 unspecified atom stereocenters. The quantitative estimate of drug-likeness (QED) is 0.847. The number of benzene rings is 2. The van der Waals surface area contributed by atoms with Crippen molar-refractivity contribution < 1.29 is 14.4 Å². The second-order valence-corrected chi connectivity index (χ2v) is 5.47. The highest BCUT2D eigenvalue weighted by atomic mass is 16.2. The number of nitrogens with one attached hydrogen (secondary N) is 2. The van der Waals surface area contributed by atoms with Crippen molar-refractivity contribution in [2.45, 2.75) is 12.8 Å². The van der Waals surface area contributed by atoms with Gasteiger partial charge in [0, 0.05) is 29.8 Å². The van der Waals surface area contributed by atoms with Crippen LogP contribution in [-0.2, 0) is 4.79 Å². The van der Waals surface area contributed by atoms with E-state index < -0.39 is 5.91 Å². The predicted octanol–water partition coefficient (Wildman–Crippen LogP) is 1.89. The largest absolute Gasteiger partial charge is 0.312 e. The molecule has 2 aromatic rings. The lowest BCUT2D eigenvalue weighted by Gasteiger charge is -2.15. The lowest BCUT2D eigenvalue weighted by molar-refractivity contribution is -0.117. The SMILES string of the molecule is O=C(NNC(=O)c1ccc(N2CCCC2=O)cc1)c1ccccc1. The molecule has 0 saturated carbocycles. The summed E-state index contributed by atoms with van der Waals surface area (Å²) >= 11 is 0. The van der Waals surface area contributed by atoms with E-state index in [0.717, 1.165) is 12.1 Å². The summed E-state index contributed by atoms with van der Waals surface area (Å²) < 4.78 is 0. The van der Waals surface area contributed by atoms with E-state index in [0.29, 0.717) is 24.1 Å². The highest BCUT2D eigenvalue weighted by Crippen LogP contribution is 2.21. The van der Waals surface area contributed by atoms with Crippen LogP contribution in [0.5, 0.6) is 0 Å². The third-order valence-corrected chi connectivity index (χ3v) is 3.84. The minimum atomic E-state index is -0.418. The molecule has 6 heteroatoms. The molecule has 122 valence electrons. The number of anilines is 1.